The van der Waals surface area contributed by atoms with Crippen LogP contribution in [0.3, 0.4) is 0 Å². The summed E-state index contributed by atoms with van der Waals surface area (Å²) in [4.78, 5) is 2.26. The molecule has 0 spiro atoms. The van der Waals surface area contributed by atoms with Gasteiger partial charge in [-0.25, -0.2) is 0 Å². The molecular formula is C20H21ClN4OS. The standard InChI is InChI=1S/C20H21ClN4OS/c21-18-8-6-17(7-9-18)15-27-20-23-22-19(24-10-12-26-13-11-24)25(20)14-16-4-2-1-3-5-16/h1-9H,10-15H2. The topological polar surface area (TPSA) is 43.2 Å². The molecule has 0 amide bonds. The van der Waals surface area contributed by atoms with Crippen molar-refractivity contribution in [1.29, 1.82) is 0 Å². The zero-order chi connectivity index (χ0) is 18.5. The van der Waals surface area contributed by atoms with Crippen molar-refractivity contribution in [2.24, 2.45) is 0 Å². The maximum absolute atomic E-state index is 5.98. The molecule has 1 aromatic heterocycles. The van der Waals surface area contributed by atoms with Crippen LogP contribution in [0.1, 0.15) is 11.1 Å². The molecule has 140 valence electrons. The maximum Gasteiger partial charge on any atom is 0.228 e. The number of rotatable bonds is 6. The summed E-state index contributed by atoms with van der Waals surface area (Å²) in [5, 5.41) is 10.7. The molecule has 0 saturated carbocycles. The molecule has 1 saturated heterocycles. The van der Waals surface area contributed by atoms with Crippen molar-refractivity contribution in [2.45, 2.75) is 17.5 Å². The summed E-state index contributed by atoms with van der Waals surface area (Å²) >= 11 is 7.68. The van der Waals surface area contributed by atoms with Crippen LogP contribution < -0.4 is 4.90 Å². The SMILES string of the molecule is Clc1ccc(CSc2nnc(N3CCOCC3)n2Cc2ccccc2)cc1. The Labute approximate surface area is 168 Å². The van der Waals surface area contributed by atoms with Gasteiger partial charge in [0.05, 0.1) is 19.8 Å². The van der Waals surface area contributed by atoms with Gasteiger partial charge in [0, 0.05) is 23.9 Å². The van der Waals surface area contributed by atoms with Crippen LogP contribution in [0.2, 0.25) is 5.02 Å². The van der Waals surface area contributed by atoms with E-state index in [0.717, 1.165) is 54.7 Å². The molecule has 4 rings (SSSR count). The molecule has 1 aliphatic rings. The monoisotopic (exact) mass is 400 g/mol. The van der Waals surface area contributed by atoms with Gasteiger partial charge in [-0.2, -0.15) is 0 Å². The van der Waals surface area contributed by atoms with Crippen molar-refractivity contribution in [3.05, 3.63) is 70.7 Å². The molecule has 0 aliphatic carbocycles. The average Bonchev–Trinajstić information content (AvgIpc) is 3.11. The summed E-state index contributed by atoms with van der Waals surface area (Å²) in [6, 6.07) is 18.4. The van der Waals surface area contributed by atoms with Crippen LogP contribution in [0.5, 0.6) is 0 Å². The van der Waals surface area contributed by atoms with E-state index < -0.39 is 0 Å². The van der Waals surface area contributed by atoms with Crippen LogP contribution >= 0.6 is 23.4 Å². The normalized spacial score (nSPS) is 14.5. The highest BCUT2D eigenvalue weighted by Crippen LogP contribution is 2.27. The predicted molar refractivity (Wildman–Crippen MR) is 110 cm³/mol. The highest BCUT2D eigenvalue weighted by molar-refractivity contribution is 7.98. The maximum atomic E-state index is 5.98. The van der Waals surface area contributed by atoms with E-state index in [0.29, 0.717) is 0 Å². The minimum atomic E-state index is 0.728. The van der Waals surface area contributed by atoms with E-state index in [2.05, 4.69) is 56.1 Å². The predicted octanol–water partition coefficient (Wildman–Crippen LogP) is 4.11. The molecule has 0 bridgehead atoms. The first-order valence-corrected chi connectivity index (χ1v) is 10.3. The lowest BCUT2D eigenvalue weighted by Gasteiger charge is -2.28. The van der Waals surface area contributed by atoms with E-state index in [-0.39, 0.29) is 0 Å². The van der Waals surface area contributed by atoms with Gasteiger partial charge in [0.25, 0.3) is 0 Å². The molecule has 5 nitrogen and oxygen atoms in total. The van der Waals surface area contributed by atoms with Crippen molar-refractivity contribution in [1.82, 2.24) is 14.8 Å². The molecule has 0 unspecified atom stereocenters. The van der Waals surface area contributed by atoms with Crippen LogP contribution in [-0.4, -0.2) is 41.1 Å². The molecule has 2 heterocycles. The summed E-state index contributed by atoms with van der Waals surface area (Å²) in [5.74, 6) is 1.74. The third-order valence-electron chi connectivity index (χ3n) is 4.46. The smallest absolute Gasteiger partial charge is 0.228 e. The summed E-state index contributed by atoms with van der Waals surface area (Å²) < 4.78 is 7.70. The van der Waals surface area contributed by atoms with E-state index in [4.69, 9.17) is 16.3 Å². The van der Waals surface area contributed by atoms with Gasteiger partial charge in [0.1, 0.15) is 0 Å². The number of hydrogen-bond acceptors (Lipinski definition) is 5. The zero-order valence-corrected chi connectivity index (χ0v) is 16.5. The Bertz CT molecular complexity index is 863. The fraction of sp³-hybridized carbons (Fsp3) is 0.300. The number of morpholine rings is 1. The first-order valence-electron chi connectivity index (χ1n) is 8.97. The van der Waals surface area contributed by atoms with Crippen LogP contribution in [0.15, 0.2) is 59.8 Å². The van der Waals surface area contributed by atoms with Crippen LogP contribution in [0.25, 0.3) is 0 Å². The molecule has 0 radical (unpaired) electrons. The third-order valence-corrected chi connectivity index (χ3v) is 5.75. The van der Waals surface area contributed by atoms with Crippen molar-refractivity contribution in [2.75, 3.05) is 31.2 Å². The Kier molecular flexibility index (Phi) is 5.97. The molecule has 3 aromatic rings. The number of anilines is 1. The Balaban J connectivity index is 1.57. The highest BCUT2D eigenvalue weighted by Gasteiger charge is 2.20. The lowest BCUT2D eigenvalue weighted by Crippen LogP contribution is -2.38. The Morgan fingerprint density at radius 3 is 2.41 bits per heavy atom. The van der Waals surface area contributed by atoms with E-state index in [1.54, 1.807) is 11.8 Å². The first kappa shape index (κ1) is 18.3. The second-order valence-corrected chi connectivity index (χ2v) is 7.75. The lowest BCUT2D eigenvalue weighted by molar-refractivity contribution is 0.121. The van der Waals surface area contributed by atoms with Gasteiger partial charge < -0.3 is 9.64 Å². The molecule has 1 fully saturated rings. The molecule has 27 heavy (non-hydrogen) atoms. The number of halogens is 1. The van der Waals surface area contributed by atoms with Crippen LogP contribution in [0, 0.1) is 0 Å². The average molecular weight is 401 g/mol. The largest absolute Gasteiger partial charge is 0.378 e. The van der Waals surface area contributed by atoms with Crippen molar-refractivity contribution in [3.63, 3.8) is 0 Å². The number of nitrogens with zero attached hydrogens (tertiary/aromatic N) is 4. The Hall–Kier alpha value is -2.02. The van der Waals surface area contributed by atoms with Gasteiger partial charge in [-0.3, -0.25) is 4.57 Å². The molecule has 0 N–H and O–H groups in total. The fourth-order valence-electron chi connectivity index (χ4n) is 3.02. The van der Waals surface area contributed by atoms with Crippen LogP contribution in [-0.2, 0) is 17.0 Å². The number of thioether (sulfide) groups is 1. The summed E-state index contributed by atoms with van der Waals surface area (Å²) in [6.45, 7) is 3.89. The second kappa shape index (κ2) is 8.78. The van der Waals surface area contributed by atoms with Crippen molar-refractivity contribution < 1.29 is 4.74 Å². The van der Waals surface area contributed by atoms with E-state index in [1.165, 1.54) is 11.1 Å². The van der Waals surface area contributed by atoms with E-state index in [9.17, 15) is 0 Å². The van der Waals surface area contributed by atoms with Gasteiger partial charge >= 0.3 is 0 Å². The second-order valence-electron chi connectivity index (χ2n) is 6.37. The van der Waals surface area contributed by atoms with Gasteiger partial charge in [-0.1, -0.05) is 65.8 Å². The number of hydrogen-bond donors (Lipinski definition) is 0. The molecule has 2 aromatic carbocycles. The molecule has 1 aliphatic heterocycles. The van der Waals surface area contributed by atoms with Gasteiger partial charge in [0.15, 0.2) is 5.16 Å². The minimum absolute atomic E-state index is 0.728. The fourth-order valence-corrected chi connectivity index (χ4v) is 4.03. The third kappa shape index (κ3) is 4.64. The summed E-state index contributed by atoms with van der Waals surface area (Å²) in [6.07, 6.45) is 0. The summed E-state index contributed by atoms with van der Waals surface area (Å²) in [7, 11) is 0. The van der Waals surface area contributed by atoms with Gasteiger partial charge in [-0.05, 0) is 23.3 Å². The molecule has 0 atom stereocenters. The highest BCUT2D eigenvalue weighted by atomic mass is 35.5. The molecule has 7 heteroatoms. The number of aromatic nitrogens is 3. The van der Waals surface area contributed by atoms with Gasteiger partial charge in [0.2, 0.25) is 5.95 Å². The molecular weight excluding hydrogens is 380 g/mol. The van der Waals surface area contributed by atoms with Crippen molar-refractivity contribution in [3.8, 4) is 0 Å². The lowest BCUT2D eigenvalue weighted by atomic mass is 10.2. The van der Waals surface area contributed by atoms with E-state index >= 15 is 0 Å². The number of benzene rings is 2. The minimum Gasteiger partial charge on any atom is -0.378 e. The van der Waals surface area contributed by atoms with Crippen molar-refractivity contribution >= 4 is 29.3 Å². The zero-order valence-electron chi connectivity index (χ0n) is 14.9. The summed E-state index contributed by atoms with van der Waals surface area (Å²) in [5.41, 5.74) is 2.45. The Morgan fingerprint density at radius 2 is 1.67 bits per heavy atom. The number of ether oxygens (including phenoxy) is 1. The quantitative estimate of drug-likeness (QED) is 0.582. The van der Waals surface area contributed by atoms with Crippen LogP contribution in [0.4, 0.5) is 5.95 Å². The Morgan fingerprint density at radius 1 is 0.926 bits per heavy atom. The first-order chi connectivity index (χ1) is 13.3. The van der Waals surface area contributed by atoms with E-state index in [1.807, 2.05) is 18.2 Å². The van der Waals surface area contributed by atoms with Gasteiger partial charge in [-0.15, -0.1) is 10.2 Å².